The van der Waals surface area contributed by atoms with E-state index in [-0.39, 0.29) is 28.7 Å². The van der Waals surface area contributed by atoms with Crippen molar-refractivity contribution in [1.82, 2.24) is 15.5 Å². The molecule has 2 aromatic carbocycles. The van der Waals surface area contributed by atoms with Gasteiger partial charge in [-0.15, -0.1) is 0 Å². The van der Waals surface area contributed by atoms with Gasteiger partial charge >= 0.3 is 0 Å². The predicted molar refractivity (Wildman–Crippen MR) is 98.8 cm³/mol. The van der Waals surface area contributed by atoms with Crippen LogP contribution in [-0.4, -0.2) is 34.2 Å². The average Bonchev–Trinajstić information content (AvgIpc) is 3.15. The van der Waals surface area contributed by atoms with E-state index in [1.165, 1.54) is 31.4 Å². The Hall–Kier alpha value is -3.81. The number of hydrogen-bond acceptors (Lipinski definition) is 5. The molecule has 1 aromatic heterocycles. The van der Waals surface area contributed by atoms with Crippen molar-refractivity contribution in [2.24, 2.45) is 0 Å². The van der Waals surface area contributed by atoms with Gasteiger partial charge in [0.2, 0.25) is 0 Å². The molecule has 27 heavy (non-hydrogen) atoms. The smallest absolute Gasteiger partial charge is 0.272 e. The number of carbonyl (C=O) groups is 2. The highest BCUT2D eigenvalue weighted by molar-refractivity contribution is 6.06. The van der Waals surface area contributed by atoms with Crippen molar-refractivity contribution in [3.63, 3.8) is 0 Å². The van der Waals surface area contributed by atoms with Gasteiger partial charge < -0.3 is 20.5 Å². The van der Waals surface area contributed by atoms with Crippen molar-refractivity contribution < 1.29 is 19.4 Å². The van der Waals surface area contributed by atoms with Crippen LogP contribution in [0.25, 0.3) is 0 Å². The van der Waals surface area contributed by atoms with Crippen LogP contribution in [0.5, 0.6) is 11.5 Å². The molecule has 0 saturated heterocycles. The lowest BCUT2D eigenvalue weighted by atomic mass is 10.1. The van der Waals surface area contributed by atoms with E-state index < -0.39 is 5.91 Å². The summed E-state index contributed by atoms with van der Waals surface area (Å²) in [4.78, 5) is 24.5. The molecule has 0 unspecified atom stereocenters. The van der Waals surface area contributed by atoms with E-state index in [1.54, 1.807) is 0 Å². The van der Waals surface area contributed by atoms with Crippen LogP contribution in [0.2, 0.25) is 0 Å². The third-order valence-electron chi connectivity index (χ3n) is 3.80. The Morgan fingerprint density at radius 3 is 2.63 bits per heavy atom. The first-order valence-electron chi connectivity index (χ1n) is 8.12. The summed E-state index contributed by atoms with van der Waals surface area (Å²) < 4.78 is 5.04. The highest BCUT2D eigenvalue weighted by Crippen LogP contribution is 2.23. The van der Waals surface area contributed by atoms with Crippen molar-refractivity contribution in [3.8, 4) is 11.5 Å². The number of hydrogen-bond donors (Lipinski definition) is 4. The van der Waals surface area contributed by atoms with Crippen LogP contribution in [0.1, 0.15) is 26.4 Å². The molecule has 0 aliphatic rings. The first kappa shape index (κ1) is 18.0. The van der Waals surface area contributed by atoms with E-state index in [1.807, 2.05) is 30.3 Å². The summed E-state index contributed by atoms with van der Waals surface area (Å²) in [6.07, 6.45) is 0. The van der Waals surface area contributed by atoms with Gasteiger partial charge in [0.15, 0.2) is 5.69 Å². The molecule has 3 aromatic rings. The maximum absolute atomic E-state index is 12.3. The van der Waals surface area contributed by atoms with Crippen LogP contribution in [0, 0.1) is 0 Å². The Bertz CT molecular complexity index is 953. The van der Waals surface area contributed by atoms with Gasteiger partial charge in [-0.1, -0.05) is 30.3 Å². The van der Waals surface area contributed by atoms with Crippen LogP contribution in [0.4, 0.5) is 5.82 Å². The van der Waals surface area contributed by atoms with Crippen molar-refractivity contribution in [1.29, 1.82) is 0 Å². The fraction of sp³-hybridized carbons (Fsp3) is 0.105. The van der Waals surface area contributed by atoms with Gasteiger partial charge in [-0.2, -0.15) is 5.10 Å². The number of nitrogens with zero attached hydrogens (tertiary/aromatic N) is 1. The minimum Gasteiger partial charge on any atom is -0.507 e. The number of nitrogens with one attached hydrogen (secondary N) is 3. The molecule has 3 rings (SSSR count). The zero-order valence-corrected chi connectivity index (χ0v) is 14.5. The SMILES string of the molecule is COc1ccc(O)c(C(=O)Nc2cc(C(=O)NCc3ccccc3)n[nH]2)c1. The Kier molecular flexibility index (Phi) is 5.36. The molecule has 138 valence electrons. The normalized spacial score (nSPS) is 10.3. The third-order valence-corrected chi connectivity index (χ3v) is 3.80. The summed E-state index contributed by atoms with van der Waals surface area (Å²) >= 11 is 0. The average molecular weight is 366 g/mol. The van der Waals surface area contributed by atoms with Gasteiger partial charge in [-0.3, -0.25) is 14.7 Å². The second-order valence-electron chi connectivity index (χ2n) is 5.67. The molecule has 0 bridgehead atoms. The Labute approximate surface area is 155 Å². The molecule has 0 radical (unpaired) electrons. The molecule has 1 heterocycles. The molecule has 0 atom stereocenters. The van der Waals surface area contributed by atoms with Crippen LogP contribution < -0.4 is 15.4 Å². The van der Waals surface area contributed by atoms with Gasteiger partial charge in [0.1, 0.15) is 17.3 Å². The first-order chi connectivity index (χ1) is 13.1. The number of aromatic hydroxyl groups is 1. The number of phenolic OH excluding ortho intramolecular Hbond substituents is 1. The van der Waals surface area contributed by atoms with E-state index >= 15 is 0 Å². The highest BCUT2D eigenvalue weighted by Gasteiger charge is 2.16. The molecule has 4 N–H and O–H groups in total. The lowest BCUT2D eigenvalue weighted by Crippen LogP contribution is -2.23. The molecule has 0 saturated carbocycles. The number of anilines is 1. The lowest BCUT2D eigenvalue weighted by molar-refractivity contribution is 0.0945. The fourth-order valence-corrected chi connectivity index (χ4v) is 2.38. The van der Waals surface area contributed by atoms with Gasteiger partial charge in [-0.05, 0) is 23.8 Å². The Balaban J connectivity index is 1.63. The van der Waals surface area contributed by atoms with E-state index in [2.05, 4.69) is 20.8 Å². The largest absolute Gasteiger partial charge is 0.507 e. The number of aromatic amines is 1. The molecule has 0 aliphatic heterocycles. The molecular weight excluding hydrogens is 348 g/mol. The molecule has 8 nitrogen and oxygen atoms in total. The van der Waals surface area contributed by atoms with Gasteiger partial charge in [0.05, 0.1) is 12.7 Å². The minimum atomic E-state index is -0.564. The van der Waals surface area contributed by atoms with E-state index in [4.69, 9.17) is 4.74 Å². The van der Waals surface area contributed by atoms with Crippen LogP contribution in [0.15, 0.2) is 54.6 Å². The maximum atomic E-state index is 12.3. The molecule has 0 spiro atoms. The van der Waals surface area contributed by atoms with E-state index in [9.17, 15) is 14.7 Å². The lowest BCUT2D eigenvalue weighted by Gasteiger charge is -2.07. The number of benzene rings is 2. The summed E-state index contributed by atoms with van der Waals surface area (Å²) in [5, 5.41) is 21.6. The zero-order valence-electron chi connectivity index (χ0n) is 14.5. The standard InChI is InChI=1S/C19H18N4O4/c1-27-13-7-8-16(24)14(9-13)18(25)21-17-10-15(22-23-17)19(26)20-11-12-5-3-2-4-6-12/h2-10,24H,11H2,1H3,(H,20,26)(H2,21,22,23,25). The third kappa shape index (κ3) is 4.43. The number of carbonyl (C=O) groups excluding carboxylic acids is 2. The predicted octanol–water partition coefficient (Wildman–Crippen LogP) is 2.31. The topological polar surface area (TPSA) is 116 Å². The number of phenols is 1. The Morgan fingerprint density at radius 1 is 1.11 bits per heavy atom. The number of methoxy groups -OCH3 is 1. The first-order valence-corrected chi connectivity index (χ1v) is 8.12. The highest BCUT2D eigenvalue weighted by atomic mass is 16.5. The van der Waals surface area contributed by atoms with Crippen LogP contribution >= 0.6 is 0 Å². The summed E-state index contributed by atoms with van der Waals surface area (Å²) in [5.74, 6) is -0.463. The van der Waals surface area contributed by atoms with Gasteiger partial charge in [0.25, 0.3) is 11.8 Å². The second-order valence-corrected chi connectivity index (χ2v) is 5.67. The molecule has 0 aliphatic carbocycles. The quantitative estimate of drug-likeness (QED) is 0.534. The van der Waals surface area contributed by atoms with E-state index in [0.717, 1.165) is 5.56 Å². The van der Waals surface area contributed by atoms with Crippen LogP contribution in [-0.2, 0) is 6.54 Å². The molecule has 8 heteroatoms. The number of amides is 2. The Morgan fingerprint density at radius 2 is 1.89 bits per heavy atom. The van der Waals surface area contributed by atoms with Crippen LogP contribution in [0.3, 0.4) is 0 Å². The van der Waals surface area contributed by atoms with Crippen molar-refractivity contribution >= 4 is 17.6 Å². The van der Waals surface area contributed by atoms with Crippen molar-refractivity contribution in [3.05, 3.63) is 71.4 Å². The maximum Gasteiger partial charge on any atom is 0.272 e. The number of H-pyrrole nitrogens is 1. The summed E-state index contributed by atoms with van der Waals surface area (Å²) in [5.41, 5.74) is 1.14. The van der Waals surface area contributed by atoms with Gasteiger partial charge in [-0.25, -0.2) is 0 Å². The minimum absolute atomic E-state index is 0.0408. The molecule has 2 amide bonds. The summed E-state index contributed by atoms with van der Waals surface area (Å²) in [6.45, 7) is 0.367. The second kappa shape index (κ2) is 8.05. The van der Waals surface area contributed by atoms with E-state index in [0.29, 0.717) is 12.3 Å². The number of ether oxygens (including phenoxy) is 1. The molecular formula is C19H18N4O4. The number of aromatic nitrogens is 2. The summed E-state index contributed by atoms with van der Waals surface area (Å²) in [6, 6.07) is 15.2. The fourth-order valence-electron chi connectivity index (χ4n) is 2.38. The van der Waals surface area contributed by atoms with Crippen molar-refractivity contribution in [2.75, 3.05) is 12.4 Å². The number of rotatable bonds is 6. The molecule has 0 fully saturated rings. The summed E-state index contributed by atoms with van der Waals surface area (Å²) in [7, 11) is 1.46. The zero-order chi connectivity index (χ0) is 19.2. The monoisotopic (exact) mass is 366 g/mol. The van der Waals surface area contributed by atoms with Crippen molar-refractivity contribution in [2.45, 2.75) is 6.54 Å². The van der Waals surface area contributed by atoms with Gasteiger partial charge in [0, 0.05) is 12.6 Å².